The van der Waals surface area contributed by atoms with Crippen LogP contribution < -0.4 is 5.32 Å². The zero-order chi connectivity index (χ0) is 10.3. The summed E-state index contributed by atoms with van der Waals surface area (Å²) in [5.41, 5.74) is -0.533. The largest absolute Gasteiger partial charge is 0.364 e. The minimum Gasteiger partial charge on any atom is -0.364 e. The molecule has 1 unspecified atom stereocenters. The summed E-state index contributed by atoms with van der Waals surface area (Å²) >= 11 is 0. The predicted molar refractivity (Wildman–Crippen MR) is 49.4 cm³/mol. The Labute approximate surface area is 78.6 Å². The van der Waals surface area contributed by atoms with Crippen LogP contribution in [0.25, 0.3) is 0 Å². The number of carbonyl (C=O) groups is 2. The highest BCUT2D eigenvalue weighted by Gasteiger charge is 2.20. The summed E-state index contributed by atoms with van der Waals surface area (Å²) in [5.74, 6) is 0. The number of carbonyl (C=O) groups excluding carboxylic acids is 2. The molecular formula is C9H17NO3. The molecule has 0 rings (SSSR count). The SMILES string of the molecule is COC(C)(C)NC(C=O)CCC=O. The molecule has 0 fully saturated rings. The van der Waals surface area contributed by atoms with Crippen LogP contribution in [0.15, 0.2) is 0 Å². The lowest BCUT2D eigenvalue weighted by molar-refractivity contribution is -0.113. The van der Waals surface area contributed by atoms with Crippen LogP contribution in [0.3, 0.4) is 0 Å². The van der Waals surface area contributed by atoms with Crippen LogP contribution in [0.2, 0.25) is 0 Å². The molecule has 0 aliphatic rings. The molecule has 0 aromatic carbocycles. The molecule has 1 atom stereocenters. The van der Waals surface area contributed by atoms with Gasteiger partial charge in [0, 0.05) is 13.5 Å². The van der Waals surface area contributed by atoms with E-state index in [0.717, 1.165) is 12.6 Å². The standard InChI is InChI=1S/C9H17NO3/c1-9(2,13-3)10-8(7-12)5-4-6-11/h6-8,10H,4-5H2,1-3H3. The van der Waals surface area contributed by atoms with E-state index in [0.29, 0.717) is 12.8 Å². The average Bonchev–Trinajstić information content (AvgIpc) is 2.12. The van der Waals surface area contributed by atoms with Gasteiger partial charge < -0.3 is 14.3 Å². The summed E-state index contributed by atoms with van der Waals surface area (Å²) in [6.07, 6.45) is 2.50. The second-order valence-electron chi connectivity index (χ2n) is 3.35. The molecule has 76 valence electrons. The topological polar surface area (TPSA) is 55.4 Å². The molecule has 0 aromatic rings. The van der Waals surface area contributed by atoms with Gasteiger partial charge in [0.05, 0.1) is 6.04 Å². The average molecular weight is 187 g/mol. The first kappa shape index (κ1) is 12.3. The number of hydrogen-bond acceptors (Lipinski definition) is 4. The number of rotatable bonds is 7. The zero-order valence-corrected chi connectivity index (χ0v) is 8.37. The van der Waals surface area contributed by atoms with Crippen LogP contribution in [0.1, 0.15) is 26.7 Å². The van der Waals surface area contributed by atoms with E-state index >= 15 is 0 Å². The van der Waals surface area contributed by atoms with Crippen molar-refractivity contribution in [2.24, 2.45) is 0 Å². The number of hydrogen-bond donors (Lipinski definition) is 1. The van der Waals surface area contributed by atoms with Gasteiger partial charge in [-0.05, 0) is 20.3 Å². The van der Waals surface area contributed by atoms with Gasteiger partial charge in [-0.1, -0.05) is 0 Å². The summed E-state index contributed by atoms with van der Waals surface area (Å²) < 4.78 is 5.09. The van der Waals surface area contributed by atoms with E-state index in [9.17, 15) is 9.59 Å². The van der Waals surface area contributed by atoms with E-state index < -0.39 is 5.72 Å². The van der Waals surface area contributed by atoms with Gasteiger partial charge in [0.15, 0.2) is 0 Å². The maximum Gasteiger partial charge on any atom is 0.136 e. The van der Waals surface area contributed by atoms with Gasteiger partial charge in [-0.25, -0.2) is 0 Å². The highest BCUT2D eigenvalue weighted by molar-refractivity contribution is 5.59. The molecule has 0 radical (unpaired) electrons. The fourth-order valence-corrected chi connectivity index (χ4v) is 0.927. The third-order valence-corrected chi connectivity index (χ3v) is 1.80. The predicted octanol–water partition coefficient (Wildman–Crippen LogP) is 0.505. The van der Waals surface area contributed by atoms with Crippen LogP contribution in [-0.4, -0.2) is 31.4 Å². The van der Waals surface area contributed by atoms with Crippen LogP contribution in [0.5, 0.6) is 0 Å². The molecule has 0 aromatic heterocycles. The first-order chi connectivity index (χ1) is 6.05. The lowest BCUT2D eigenvalue weighted by Gasteiger charge is -2.27. The van der Waals surface area contributed by atoms with Gasteiger partial charge in [-0.3, -0.25) is 5.32 Å². The summed E-state index contributed by atoms with van der Waals surface area (Å²) in [5, 5.41) is 2.98. The number of ether oxygens (including phenoxy) is 1. The first-order valence-electron chi connectivity index (χ1n) is 4.27. The second kappa shape index (κ2) is 5.83. The molecule has 0 saturated heterocycles. The first-order valence-corrected chi connectivity index (χ1v) is 4.27. The molecule has 13 heavy (non-hydrogen) atoms. The van der Waals surface area contributed by atoms with E-state index in [4.69, 9.17) is 4.74 Å². The number of nitrogens with one attached hydrogen (secondary N) is 1. The van der Waals surface area contributed by atoms with Crippen LogP contribution >= 0.6 is 0 Å². The maximum absolute atomic E-state index is 10.6. The Bertz CT molecular complexity index is 168. The van der Waals surface area contributed by atoms with Crippen molar-refractivity contribution in [3.8, 4) is 0 Å². The summed E-state index contributed by atoms with van der Waals surface area (Å²) in [6, 6.07) is -0.319. The van der Waals surface area contributed by atoms with Crippen LogP contribution in [-0.2, 0) is 14.3 Å². The quantitative estimate of drug-likeness (QED) is 0.466. The Morgan fingerprint density at radius 1 is 1.46 bits per heavy atom. The normalized spacial score (nSPS) is 13.8. The lowest BCUT2D eigenvalue weighted by atomic mass is 10.1. The molecule has 0 aliphatic heterocycles. The zero-order valence-electron chi connectivity index (χ0n) is 8.37. The Morgan fingerprint density at radius 3 is 2.46 bits per heavy atom. The van der Waals surface area contributed by atoms with Crippen molar-refractivity contribution in [3.63, 3.8) is 0 Å². The van der Waals surface area contributed by atoms with Crippen molar-refractivity contribution in [2.75, 3.05) is 7.11 Å². The Hall–Kier alpha value is -0.740. The van der Waals surface area contributed by atoms with E-state index in [1.54, 1.807) is 7.11 Å². The highest BCUT2D eigenvalue weighted by atomic mass is 16.5. The summed E-state index contributed by atoms with van der Waals surface area (Å²) in [6.45, 7) is 3.65. The van der Waals surface area contributed by atoms with Crippen molar-refractivity contribution < 1.29 is 14.3 Å². The molecule has 0 spiro atoms. The molecule has 1 N–H and O–H groups in total. The summed E-state index contributed by atoms with van der Waals surface area (Å²) in [4.78, 5) is 20.7. The van der Waals surface area contributed by atoms with Gasteiger partial charge >= 0.3 is 0 Å². The fourth-order valence-electron chi connectivity index (χ4n) is 0.927. The van der Waals surface area contributed by atoms with E-state index in [1.807, 2.05) is 13.8 Å². The van der Waals surface area contributed by atoms with Crippen molar-refractivity contribution in [1.29, 1.82) is 0 Å². The third-order valence-electron chi connectivity index (χ3n) is 1.80. The molecular weight excluding hydrogens is 170 g/mol. The van der Waals surface area contributed by atoms with Gasteiger partial charge in [-0.15, -0.1) is 0 Å². The van der Waals surface area contributed by atoms with Crippen molar-refractivity contribution >= 4 is 12.6 Å². The molecule has 0 aliphatic carbocycles. The number of methoxy groups -OCH3 is 1. The molecule has 0 heterocycles. The molecule has 4 heteroatoms. The smallest absolute Gasteiger partial charge is 0.136 e. The van der Waals surface area contributed by atoms with Crippen LogP contribution in [0, 0.1) is 0 Å². The van der Waals surface area contributed by atoms with Gasteiger partial charge in [-0.2, -0.15) is 0 Å². The van der Waals surface area contributed by atoms with Crippen molar-refractivity contribution in [3.05, 3.63) is 0 Å². The Balaban J connectivity index is 3.96. The van der Waals surface area contributed by atoms with Gasteiger partial charge in [0.25, 0.3) is 0 Å². The lowest BCUT2D eigenvalue weighted by Crippen LogP contribution is -2.48. The second-order valence-corrected chi connectivity index (χ2v) is 3.35. The van der Waals surface area contributed by atoms with Crippen molar-refractivity contribution in [1.82, 2.24) is 5.32 Å². The molecule has 0 saturated carbocycles. The number of aldehydes is 2. The van der Waals surface area contributed by atoms with Crippen LogP contribution in [0.4, 0.5) is 0 Å². The van der Waals surface area contributed by atoms with E-state index in [-0.39, 0.29) is 6.04 Å². The Morgan fingerprint density at radius 2 is 2.08 bits per heavy atom. The third kappa shape index (κ3) is 5.49. The monoisotopic (exact) mass is 187 g/mol. The van der Waals surface area contributed by atoms with E-state index in [1.165, 1.54) is 0 Å². The molecule has 0 bridgehead atoms. The highest BCUT2D eigenvalue weighted by Crippen LogP contribution is 2.05. The molecule has 0 amide bonds. The van der Waals surface area contributed by atoms with Gasteiger partial charge in [0.1, 0.15) is 18.3 Å². The minimum absolute atomic E-state index is 0.319. The van der Waals surface area contributed by atoms with Gasteiger partial charge in [0.2, 0.25) is 0 Å². The summed E-state index contributed by atoms with van der Waals surface area (Å²) in [7, 11) is 1.56. The minimum atomic E-state index is -0.533. The van der Waals surface area contributed by atoms with E-state index in [2.05, 4.69) is 5.32 Å². The molecule has 4 nitrogen and oxygen atoms in total. The Kier molecular flexibility index (Phi) is 5.50. The fraction of sp³-hybridized carbons (Fsp3) is 0.778. The van der Waals surface area contributed by atoms with Crippen molar-refractivity contribution in [2.45, 2.75) is 38.5 Å². The maximum atomic E-state index is 10.6.